The number of hydrogen-bond acceptors (Lipinski definition) is 5. The Kier molecular flexibility index (Phi) is 4.52. The Balaban J connectivity index is 1.37. The standard InChI is InChI=1S/C23H18N4O2S/c1-14-8-10-19-20(12-14)25-23(24-19)30-21-11-9-17(29-21)13-18-15(2)26-27(22(18)28)16-6-4-3-5-7-16/h3-13H,1-2H3,(H,24,25)/b18-13-. The zero-order chi connectivity index (χ0) is 20.7. The van der Waals surface area contributed by atoms with Crippen LogP contribution in [-0.4, -0.2) is 21.6 Å². The SMILES string of the molecule is CC1=NN(c2ccccc2)C(=O)/C1=C\c1ccc(Sc2nc3ccc(C)cc3[nH]2)o1. The first-order valence-electron chi connectivity index (χ1n) is 9.48. The van der Waals surface area contributed by atoms with Crippen LogP contribution in [0.25, 0.3) is 17.1 Å². The zero-order valence-corrected chi connectivity index (χ0v) is 17.2. The molecule has 0 saturated heterocycles. The molecule has 148 valence electrons. The highest BCUT2D eigenvalue weighted by molar-refractivity contribution is 7.99. The van der Waals surface area contributed by atoms with Crippen LogP contribution in [0.4, 0.5) is 5.69 Å². The third kappa shape index (κ3) is 3.44. The van der Waals surface area contributed by atoms with E-state index in [2.05, 4.69) is 21.1 Å². The van der Waals surface area contributed by atoms with Crippen molar-refractivity contribution >= 4 is 46.2 Å². The molecule has 5 rings (SSSR count). The van der Waals surface area contributed by atoms with Gasteiger partial charge in [-0.05, 0) is 73.6 Å². The lowest BCUT2D eigenvalue weighted by Crippen LogP contribution is -2.21. The minimum Gasteiger partial charge on any atom is -0.450 e. The summed E-state index contributed by atoms with van der Waals surface area (Å²) in [5, 5.41) is 7.26. The number of furan rings is 1. The second-order valence-electron chi connectivity index (χ2n) is 7.02. The Morgan fingerprint density at radius 3 is 2.73 bits per heavy atom. The number of aromatic amines is 1. The molecule has 0 fully saturated rings. The van der Waals surface area contributed by atoms with Crippen LogP contribution >= 0.6 is 11.8 Å². The number of carbonyl (C=O) groups is 1. The van der Waals surface area contributed by atoms with Crippen molar-refractivity contribution in [1.29, 1.82) is 0 Å². The number of carbonyl (C=O) groups excluding carboxylic acids is 1. The molecule has 2 aromatic carbocycles. The average Bonchev–Trinajstić information content (AvgIpc) is 3.42. The molecule has 6 nitrogen and oxygen atoms in total. The van der Waals surface area contributed by atoms with Gasteiger partial charge < -0.3 is 9.40 Å². The van der Waals surface area contributed by atoms with Gasteiger partial charge in [0.2, 0.25) is 0 Å². The number of nitrogens with zero attached hydrogens (tertiary/aromatic N) is 3. The van der Waals surface area contributed by atoms with Crippen molar-refractivity contribution in [3.63, 3.8) is 0 Å². The Hall–Kier alpha value is -3.58. The molecule has 2 aromatic heterocycles. The van der Waals surface area contributed by atoms with Crippen LogP contribution in [0.2, 0.25) is 0 Å². The summed E-state index contributed by atoms with van der Waals surface area (Å²) in [5.74, 6) is 0.425. The number of aromatic nitrogens is 2. The monoisotopic (exact) mass is 414 g/mol. The maximum atomic E-state index is 12.8. The summed E-state index contributed by atoms with van der Waals surface area (Å²) in [4.78, 5) is 20.7. The number of imidazole rings is 1. The topological polar surface area (TPSA) is 74.5 Å². The van der Waals surface area contributed by atoms with Crippen LogP contribution in [0.5, 0.6) is 0 Å². The Labute approximate surface area is 177 Å². The van der Waals surface area contributed by atoms with Crippen molar-refractivity contribution in [1.82, 2.24) is 9.97 Å². The number of benzene rings is 2. The van der Waals surface area contributed by atoms with Gasteiger partial charge in [0, 0.05) is 0 Å². The van der Waals surface area contributed by atoms with Gasteiger partial charge in [-0.15, -0.1) is 0 Å². The molecular formula is C23H18N4O2S. The molecule has 0 bridgehead atoms. The summed E-state index contributed by atoms with van der Waals surface area (Å²) in [5.41, 5.74) is 5.00. The van der Waals surface area contributed by atoms with E-state index >= 15 is 0 Å². The molecule has 0 aliphatic carbocycles. The molecule has 1 aliphatic heterocycles. The second-order valence-corrected chi connectivity index (χ2v) is 8.01. The molecule has 0 atom stereocenters. The lowest BCUT2D eigenvalue weighted by Gasteiger charge is -2.10. The molecule has 1 aliphatic rings. The number of anilines is 1. The molecule has 0 saturated carbocycles. The first-order valence-corrected chi connectivity index (χ1v) is 10.3. The van der Waals surface area contributed by atoms with E-state index in [1.807, 2.05) is 68.4 Å². The maximum absolute atomic E-state index is 12.8. The minimum absolute atomic E-state index is 0.169. The predicted octanol–water partition coefficient (Wildman–Crippen LogP) is 5.42. The van der Waals surface area contributed by atoms with Crippen molar-refractivity contribution in [2.45, 2.75) is 24.1 Å². The largest absolute Gasteiger partial charge is 0.450 e. The van der Waals surface area contributed by atoms with Crippen molar-refractivity contribution in [3.05, 3.63) is 77.6 Å². The highest BCUT2D eigenvalue weighted by Gasteiger charge is 2.28. The van der Waals surface area contributed by atoms with Crippen LogP contribution in [-0.2, 0) is 4.79 Å². The van der Waals surface area contributed by atoms with E-state index in [1.165, 1.54) is 22.3 Å². The van der Waals surface area contributed by atoms with Gasteiger partial charge >= 0.3 is 0 Å². The van der Waals surface area contributed by atoms with Gasteiger partial charge in [0.1, 0.15) is 5.76 Å². The number of hydrogen-bond donors (Lipinski definition) is 1. The van der Waals surface area contributed by atoms with Crippen molar-refractivity contribution < 1.29 is 9.21 Å². The number of H-pyrrole nitrogens is 1. The Morgan fingerprint density at radius 2 is 1.90 bits per heavy atom. The third-order valence-corrected chi connectivity index (χ3v) is 5.57. The Bertz CT molecular complexity index is 1320. The van der Waals surface area contributed by atoms with Crippen LogP contribution < -0.4 is 5.01 Å². The number of hydrazone groups is 1. The van der Waals surface area contributed by atoms with E-state index in [9.17, 15) is 4.79 Å². The van der Waals surface area contributed by atoms with Crippen molar-refractivity contribution in [2.24, 2.45) is 5.10 Å². The number of para-hydroxylation sites is 1. The van der Waals surface area contributed by atoms with Gasteiger partial charge in [-0.1, -0.05) is 24.3 Å². The van der Waals surface area contributed by atoms with Gasteiger partial charge in [-0.2, -0.15) is 10.1 Å². The van der Waals surface area contributed by atoms with Gasteiger partial charge in [-0.3, -0.25) is 4.79 Å². The van der Waals surface area contributed by atoms with Gasteiger partial charge in [-0.25, -0.2) is 4.98 Å². The fraction of sp³-hybridized carbons (Fsp3) is 0.0870. The van der Waals surface area contributed by atoms with Crippen LogP contribution in [0.15, 0.2) is 86.0 Å². The van der Waals surface area contributed by atoms with Crippen LogP contribution in [0.1, 0.15) is 18.2 Å². The lowest BCUT2D eigenvalue weighted by atomic mass is 10.1. The van der Waals surface area contributed by atoms with Crippen molar-refractivity contribution in [2.75, 3.05) is 5.01 Å². The number of nitrogens with one attached hydrogen (secondary N) is 1. The fourth-order valence-corrected chi connectivity index (χ4v) is 4.05. The highest BCUT2D eigenvalue weighted by Crippen LogP contribution is 2.31. The van der Waals surface area contributed by atoms with E-state index in [1.54, 1.807) is 6.08 Å². The first-order chi connectivity index (χ1) is 14.6. The molecule has 1 N–H and O–H groups in total. The third-order valence-electron chi connectivity index (χ3n) is 4.76. The summed E-state index contributed by atoms with van der Waals surface area (Å²) in [7, 11) is 0. The van der Waals surface area contributed by atoms with Crippen molar-refractivity contribution in [3.8, 4) is 0 Å². The maximum Gasteiger partial charge on any atom is 0.280 e. The van der Waals surface area contributed by atoms with E-state index in [4.69, 9.17) is 4.42 Å². The minimum atomic E-state index is -0.169. The fourth-order valence-electron chi connectivity index (χ4n) is 3.28. The van der Waals surface area contributed by atoms with Crippen LogP contribution in [0.3, 0.4) is 0 Å². The molecule has 3 heterocycles. The van der Waals surface area contributed by atoms with E-state index in [0.29, 0.717) is 22.1 Å². The summed E-state index contributed by atoms with van der Waals surface area (Å²) in [6, 6.07) is 19.2. The lowest BCUT2D eigenvalue weighted by molar-refractivity contribution is -0.114. The number of aryl methyl sites for hydroxylation is 1. The normalized spacial score (nSPS) is 15.4. The quantitative estimate of drug-likeness (QED) is 0.452. The molecule has 30 heavy (non-hydrogen) atoms. The molecule has 0 unspecified atom stereocenters. The summed E-state index contributed by atoms with van der Waals surface area (Å²) in [6.07, 6.45) is 1.73. The number of fused-ring (bicyclic) bond motifs is 1. The van der Waals surface area contributed by atoms with Crippen LogP contribution in [0, 0.1) is 6.92 Å². The smallest absolute Gasteiger partial charge is 0.280 e. The zero-order valence-electron chi connectivity index (χ0n) is 16.4. The average molecular weight is 414 g/mol. The molecule has 7 heteroatoms. The molecule has 4 aromatic rings. The van der Waals surface area contributed by atoms with E-state index < -0.39 is 0 Å². The Morgan fingerprint density at radius 1 is 1.07 bits per heavy atom. The van der Waals surface area contributed by atoms with Gasteiger partial charge in [0.05, 0.1) is 28.0 Å². The number of rotatable bonds is 4. The summed E-state index contributed by atoms with van der Waals surface area (Å²) >= 11 is 1.41. The molecule has 0 radical (unpaired) electrons. The summed E-state index contributed by atoms with van der Waals surface area (Å²) in [6.45, 7) is 3.87. The molecular weight excluding hydrogens is 396 g/mol. The molecule has 1 amide bonds. The summed E-state index contributed by atoms with van der Waals surface area (Å²) < 4.78 is 5.91. The van der Waals surface area contributed by atoms with Gasteiger partial charge in [0.15, 0.2) is 10.2 Å². The second kappa shape index (κ2) is 7.35. The van der Waals surface area contributed by atoms with E-state index in [0.717, 1.165) is 21.9 Å². The predicted molar refractivity (Wildman–Crippen MR) is 119 cm³/mol. The van der Waals surface area contributed by atoms with Gasteiger partial charge in [0.25, 0.3) is 5.91 Å². The molecule has 0 spiro atoms. The van der Waals surface area contributed by atoms with E-state index in [-0.39, 0.29) is 5.91 Å². The highest BCUT2D eigenvalue weighted by atomic mass is 32.2. The number of amides is 1. The first kappa shape index (κ1) is 18.4.